The predicted octanol–water partition coefficient (Wildman–Crippen LogP) is 3.53. The van der Waals surface area contributed by atoms with Crippen LogP contribution in [0.3, 0.4) is 0 Å². The van der Waals surface area contributed by atoms with E-state index in [9.17, 15) is 31.5 Å². The zero-order valence-electron chi connectivity index (χ0n) is 16.3. The number of nitrogens with zero attached hydrogens (tertiary/aromatic N) is 2. The second-order valence-corrected chi connectivity index (χ2v) is 7.16. The van der Waals surface area contributed by atoms with Crippen LogP contribution in [0, 0.1) is 11.6 Å². The van der Waals surface area contributed by atoms with E-state index in [1.165, 1.54) is 11.8 Å². The van der Waals surface area contributed by atoms with E-state index in [0.29, 0.717) is 0 Å². The topological polar surface area (TPSA) is 83.6 Å². The van der Waals surface area contributed by atoms with E-state index in [4.69, 9.17) is 11.6 Å². The molecule has 1 fully saturated rings. The highest BCUT2D eigenvalue weighted by atomic mass is 35.5. The molecule has 7 nitrogen and oxygen atoms in total. The predicted molar refractivity (Wildman–Crippen MR) is 102 cm³/mol. The summed E-state index contributed by atoms with van der Waals surface area (Å²) in [6.07, 6.45) is -4.03. The lowest BCUT2D eigenvalue weighted by Crippen LogP contribution is -2.58. The van der Waals surface area contributed by atoms with Gasteiger partial charge in [0.1, 0.15) is 22.7 Å². The van der Waals surface area contributed by atoms with Gasteiger partial charge in [0, 0.05) is 30.9 Å². The number of hydrogen-bond donors (Lipinski definition) is 2. The van der Waals surface area contributed by atoms with Gasteiger partial charge < -0.3 is 20.3 Å². The minimum Gasteiger partial charge on any atom is -0.388 e. The lowest BCUT2D eigenvalue weighted by molar-refractivity contribution is -0.276. The molecule has 1 aliphatic heterocycles. The number of hydrogen-bond acceptors (Lipinski definition) is 4. The van der Waals surface area contributed by atoms with Gasteiger partial charge in [0.2, 0.25) is 11.8 Å². The molecule has 0 unspecified atom stereocenters. The van der Waals surface area contributed by atoms with Crippen LogP contribution in [0.15, 0.2) is 30.5 Å². The molecule has 0 bridgehead atoms. The van der Waals surface area contributed by atoms with E-state index in [2.05, 4.69) is 20.4 Å². The summed E-state index contributed by atoms with van der Waals surface area (Å²) in [7, 11) is 0. The van der Waals surface area contributed by atoms with E-state index in [1.54, 1.807) is 0 Å². The van der Waals surface area contributed by atoms with Crippen molar-refractivity contribution in [3.8, 4) is 5.88 Å². The van der Waals surface area contributed by atoms with Gasteiger partial charge in [-0.2, -0.15) is 0 Å². The van der Waals surface area contributed by atoms with Crippen molar-refractivity contribution in [1.82, 2.24) is 20.5 Å². The standard InChI is InChI=1S/C19H16ClF5N4O3/c1-9-17(30)26-6-7-29(9)18(31)28-16(11-3-4-12(21)14(20)15(11)22)10-2-5-13(27-8-10)32-19(23,24)25/h2-5,8-9,16H,6-7H2,1H3,(H,26,30)(H,28,31)/t9-,16-/m1/s1. The lowest BCUT2D eigenvalue weighted by Gasteiger charge is -2.34. The Labute approximate surface area is 183 Å². The van der Waals surface area contributed by atoms with Crippen molar-refractivity contribution in [3.05, 3.63) is 58.2 Å². The molecule has 1 aromatic carbocycles. The number of benzene rings is 1. The van der Waals surface area contributed by atoms with Gasteiger partial charge >= 0.3 is 12.4 Å². The third kappa shape index (κ3) is 5.18. The summed E-state index contributed by atoms with van der Waals surface area (Å²) < 4.78 is 69.2. The number of rotatable bonds is 4. The van der Waals surface area contributed by atoms with Crippen molar-refractivity contribution < 1.29 is 36.3 Å². The molecule has 3 amide bonds. The SMILES string of the molecule is C[C@@H]1C(=O)NCCN1C(=O)N[C@H](c1ccc(OC(F)(F)F)nc1)c1ccc(F)c(Cl)c1F. The summed E-state index contributed by atoms with van der Waals surface area (Å²) in [4.78, 5) is 29.4. The molecular weight excluding hydrogens is 463 g/mol. The Morgan fingerprint density at radius 1 is 1.31 bits per heavy atom. The molecule has 2 atom stereocenters. The molecule has 2 N–H and O–H groups in total. The molecule has 1 aliphatic rings. The van der Waals surface area contributed by atoms with E-state index < -0.39 is 52.9 Å². The fourth-order valence-electron chi connectivity index (χ4n) is 3.11. The number of carbonyl (C=O) groups excluding carboxylic acids is 2. The van der Waals surface area contributed by atoms with Gasteiger partial charge in [-0.3, -0.25) is 4.79 Å². The Morgan fingerprint density at radius 3 is 2.66 bits per heavy atom. The molecule has 0 radical (unpaired) electrons. The van der Waals surface area contributed by atoms with Crippen molar-refractivity contribution in [2.24, 2.45) is 0 Å². The number of ether oxygens (including phenoxy) is 1. The second kappa shape index (κ2) is 9.15. The third-order valence-corrected chi connectivity index (χ3v) is 5.06. The Kier molecular flexibility index (Phi) is 6.72. The van der Waals surface area contributed by atoms with Gasteiger partial charge in [-0.05, 0) is 24.6 Å². The summed E-state index contributed by atoms with van der Waals surface area (Å²) in [5, 5.41) is 4.27. The molecule has 0 saturated carbocycles. The number of urea groups is 1. The van der Waals surface area contributed by atoms with Crippen molar-refractivity contribution >= 4 is 23.5 Å². The smallest absolute Gasteiger partial charge is 0.388 e. The highest BCUT2D eigenvalue weighted by Gasteiger charge is 2.33. The zero-order valence-corrected chi connectivity index (χ0v) is 17.1. The summed E-state index contributed by atoms with van der Waals surface area (Å²) in [5.74, 6) is -3.37. The second-order valence-electron chi connectivity index (χ2n) is 6.79. The van der Waals surface area contributed by atoms with Crippen LogP contribution in [-0.2, 0) is 4.79 Å². The van der Waals surface area contributed by atoms with Gasteiger partial charge in [-0.1, -0.05) is 17.7 Å². The molecule has 2 heterocycles. The van der Waals surface area contributed by atoms with Gasteiger partial charge in [-0.25, -0.2) is 18.6 Å². The van der Waals surface area contributed by atoms with Gasteiger partial charge in [0.25, 0.3) is 0 Å². The van der Waals surface area contributed by atoms with Crippen LogP contribution in [-0.4, -0.2) is 47.3 Å². The maximum Gasteiger partial charge on any atom is 0.574 e. The van der Waals surface area contributed by atoms with E-state index in [-0.39, 0.29) is 24.2 Å². The van der Waals surface area contributed by atoms with Crippen LogP contribution < -0.4 is 15.4 Å². The Bertz CT molecular complexity index is 1020. The summed E-state index contributed by atoms with van der Waals surface area (Å²) >= 11 is 5.65. The highest BCUT2D eigenvalue weighted by molar-refractivity contribution is 6.31. The Balaban J connectivity index is 1.96. The zero-order chi connectivity index (χ0) is 23.6. The first-order chi connectivity index (χ1) is 15.0. The highest BCUT2D eigenvalue weighted by Crippen LogP contribution is 2.31. The number of amides is 3. The van der Waals surface area contributed by atoms with E-state index >= 15 is 0 Å². The minimum absolute atomic E-state index is 0.0589. The van der Waals surface area contributed by atoms with Crippen LogP contribution in [0.4, 0.5) is 26.7 Å². The van der Waals surface area contributed by atoms with Crippen molar-refractivity contribution in [3.63, 3.8) is 0 Å². The summed E-state index contributed by atoms with van der Waals surface area (Å²) in [5.41, 5.74) is -0.200. The van der Waals surface area contributed by atoms with Gasteiger partial charge in [-0.15, -0.1) is 13.2 Å². The number of carbonyl (C=O) groups is 2. The third-order valence-electron chi connectivity index (χ3n) is 4.72. The quantitative estimate of drug-likeness (QED) is 0.520. The molecule has 13 heteroatoms. The molecule has 2 aromatic rings. The monoisotopic (exact) mass is 478 g/mol. The first kappa shape index (κ1) is 23.5. The fourth-order valence-corrected chi connectivity index (χ4v) is 3.28. The number of aromatic nitrogens is 1. The molecule has 1 aromatic heterocycles. The van der Waals surface area contributed by atoms with Crippen molar-refractivity contribution in [2.45, 2.75) is 25.4 Å². The average molecular weight is 479 g/mol. The molecule has 0 aliphatic carbocycles. The number of piperazine rings is 1. The van der Waals surface area contributed by atoms with E-state index in [1.807, 2.05) is 0 Å². The first-order valence-electron chi connectivity index (χ1n) is 9.18. The van der Waals surface area contributed by atoms with E-state index in [0.717, 1.165) is 30.5 Å². The van der Waals surface area contributed by atoms with Crippen LogP contribution in [0.25, 0.3) is 0 Å². The average Bonchev–Trinajstić information content (AvgIpc) is 2.72. The van der Waals surface area contributed by atoms with Gasteiger partial charge in [0.15, 0.2) is 0 Å². The van der Waals surface area contributed by atoms with Crippen molar-refractivity contribution in [1.29, 1.82) is 0 Å². The van der Waals surface area contributed by atoms with Crippen LogP contribution in [0.1, 0.15) is 24.1 Å². The molecule has 3 rings (SSSR count). The van der Waals surface area contributed by atoms with Crippen LogP contribution in [0.2, 0.25) is 5.02 Å². The molecule has 32 heavy (non-hydrogen) atoms. The number of pyridine rings is 1. The molecular formula is C19H16ClF5N4O3. The number of alkyl halides is 3. The number of halogens is 6. The van der Waals surface area contributed by atoms with Crippen molar-refractivity contribution in [2.75, 3.05) is 13.1 Å². The Hall–Kier alpha value is -3.15. The maximum atomic E-state index is 14.7. The summed E-state index contributed by atoms with van der Waals surface area (Å²) in [6, 6.07) is 1.02. The lowest BCUT2D eigenvalue weighted by atomic mass is 9.99. The molecule has 172 valence electrons. The van der Waals surface area contributed by atoms with Gasteiger partial charge in [0.05, 0.1) is 6.04 Å². The molecule has 1 saturated heterocycles. The minimum atomic E-state index is -4.97. The summed E-state index contributed by atoms with van der Waals surface area (Å²) in [6.45, 7) is 1.85. The largest absolute Gasteiger partial charge is 0.574 e. The first-order valence-corrected chi connectivity index (χ1v) is 9.55. The number of nitrogens with one attached hydrogen (secondary N) is 2. The van der Waals surface area contributed by atoms with Crippen LogP contribution >= 0.6 is 11.6 Å². The van der Waals surface area contributed by atoms with Crippen LogP contribution in [0.5, 0.6) is 5.88 Å². The normalized spacial score (nSPS) is 17.5. The maximum absolute atomic E-state index is 14.7. The Morgan fingerprint density at radius 2 is 2.03 bits per heavy atom. The molecule has 0 spiro atoms. The fraction of sp³-hybridized carbons (Fsp3) is 0.316.